The maximum absolute atomic E-state index is 12.0. The largest absolute Gasteiger partial charge is 0.469 e. The second-order valence-electron chi connectivity index (χ2n) is 3.76. The van der Waals surface area contributed by atoms with Gasteiger partial charge in [-0.3, -0.25) is 9.59 Å². The summed E-state index contributed by atoms with van der Waals surface area (Å²) in [7, 11) is 1.27. The maximum Gasteiger partial charge on any atom is 0.387 e. The molecule has 0 spiro atoms. The first-order chi connectivity index (χ1) is 9.02. The van der Waals surface area contributed by atoms with E-state index in [0.29, 0.717) is 6.42 Å². The summed E-state index contributed by atoms with van der Waals surface area (Å²) in [5.74, 6) is -0.681. The maximum atomic E-state index is 12.0. The number of hydrogen-bond donors (Lipinski definition) is 0. The molecule has 1 rings (SSSR count). The van der Waals surface area contributed by atoms with Crippen molar-refractivity contribution < 1.29 is 27.8 Å². The summed E-state index contributed by atoms with van der Waals surface area (Å²) in [6.07, 6.45) is 0.647. The van der Waals surface area contributed by atoms with Gasteiger partial charge in [0.15, 0.2) is 5.78 Å². The second kappa shape index (κ2) is 7.45. The third kappa shape index (κ3) is 5.46. The molecule has 0 amide bonds. The molecule has 0 heterocycles. The average molecular weight is 272 g/mol. The molecule has 1 aromatic carbocycles. The normalized spacial score (nSPS) is 10.3. The molecule has 0 fully saturated rings. The third-order valence-corrected chi connectivity index (χ3v) is 2.39. The van der Waals surface area contributed by atoms with Crippen molar-refractivity contribution in [1.82, 2.24) is 0 Å². The van der Waals surface area contributed by atoms with Crippen LogP contribution in [0, 0.1) is 0 Å². The molecule has 0 saturated heterocycles. The molecular formula is C13H14F2O4. The summed E-state index contributed by atoms with van der Waals surface area (Å²) in [6, 6.07) is 5.58. The van der Waals surface area contributed by atoms with Crippen LogP contribution in [0.25, 0.3) is 0 Å². The second-order valence-corrected chi connectivity index (χ2v) is 3.76. The van der Waals surface area contributed by atoms with Crippen molar-refractivity contribution in [3.63, 3.8) is 0 Å². The molecule has 0 radical (unpaired) electrons. The van der Waals surface area contributed by atoms with E-state index in [1.54, 1.807) is 0 Å². The monoisotopic (exact) mass is 272 g/mol. The molecule has 0 aromatic heterocycles. The molecule has 1 aromatic rings. The van der Waals surface area contributed by atoms with Crippen molar-refractivity contribution in [3.8, 4) is 5.75 Å². The number of rotatable bonds is 7. The van der Waals surface area contributed by atoms with E-state index in [-0.39, 0.29) is 35.9 Å². The summed E-state index contributed by atoms with van der Waals surface area (Å²) in [5.41, 5.74) is 0.281. The molecular weight excluding hydrogens is 258 g/mol. The number of esters is 1. The van der Waals surface area contributed by atoms with E-state index < -0.39 is 6.61 Å². The van der Waals surface area contributed by atoms with Crippen LogP contribution in [0.15, 0.2) is 24.3 Å². The van der Waals surface area contributed by atoms with Gasteiger partial charge in [0, 0.05) is 18.4 Å². The van der Waals surface area contributed by atoms with Crippen LogP contribution in [0.3, 0.4) is 0 Å². The fourth-order valence-electron chi connectivity index (χ4n) is 1.49. The Balaban J connectivity index is 2.54. The third-order valence-electron chi connectivity index (χ3n) is 2.39. The smallest absolute Gasteiger partial charge is 0.387 e. The van der Waals surface area contributed by atoms with Crippen LogP contribution in [-0.4, -0.2) is 25.5 Å². The zero-order chi connectivity index (χ0) is 14.3. The highest BCUT2D eigenvalue weighted by atomic mass is 19.3. The van der Waals surface area contributed by atoms with Crippen molar-refractivity contribution in [1.29, 1.82) is 0 Å². The Labute approximate surface area is 109 Å². The molecule has 0 aliphatic carbocycles. The molecule has 6 heteroatoms. The van der Waals surface area contributed by atoms with Crippen LogP contribution < -0.4 is 4.74 Å². The minimum Gasteiger partial charge on any atom is -0.469 e. The first kappa shape index (κ1) is 15.1. The number of alkyl halides is 2. The van der Waals surface area contributed by atoms with Gasteiger partial charge in [0.1, 0.15) is 5.75 Å². The number of ketones is 1. The Morgan fingerprint density at radius 2 is 2.00 bits per heavy atom. The van der Waals surface area contributed by atoms with Gasteiger partial charge in [-0.1, -0.05) is 12.1 Å². The van der Waals surface area contributed by atoms with Crippen molar-refractivity contribution in [3.05, 3.63) is 29.8 Å². The zero-order valence-corrected chi connectivity index (χ0v) is 10.4. The number of ether oxygens (including phenoxy) is 2. The van der Waals surface area contributed by atoms with E-state index in [1.165, 1.54) is 31.4 Å². The molecule has 4 nitrogen and oxygen atoms in total. The van der Waals surface area contributed by atoms with Crippen LogP contribution in [0.5, 0.6) is 5.75 Å². The first-order valence-electron chi connectivity index (χ1n) is 5.68. The van der Waals surface area contributed by atoms with Crippen LogP contribution >= 0.6 is 0 Å². The van der Waals surface area contributed by atoms with Gasteiger partial charge in [-0.2, -0.15) is 8.78 Å². The predicted octanol–water partition coefficient (Wildman–Crippen LogP) is 2.81. The van der Waals surface area contributed by atoms with E-state index >= 15 is 0 Å². The van der Waals surface area contributed by atoms with Crippen molar-refractivity contribution in [2.45, 2.75) is 25.9 Å². The highest BCUT2D eigenvalue weighted by Gasteiger charge is 2.10. The summed E-state index contributed by atoms with van der Waals surface area (Å²) in [4.78, 5) is 22.6. The first-order valence-corrected chi connectivity index (χ1v) is 5.68. The van der Waals surface area contributed by atoms with Gasteiger partial charge in [0.25, 0.3) is 0 Å². The number of hydrogen-bond acceptors (Lipinski definition) is 4. The van der Waals surface area contributed by atoms with E-state index in [1.807, 2.05) is 0 Å². The number of halogens is 2. The molecule has 0 atom stereocenters. The van der Waals surface area contributed by atoms with Gasteiger partial charge in [0.05, 0.1) is 7.11 Å². The summed E-state index contributed by atoms with van der Waals surface area (Å²) >= 11 is 0. The lowest BCUT2D eigenvalue weighted by molar-refractivity contribution is -0.140. The summed E-state index contributed by atoms with van der Waals surface area (Å²) in [5, 5.41) is 0. The Kier molecular flexibility index (Phi) is 5.92. The minimum absolute atomic E-state index is 0.0613. The molecule has 0 saturated carbocycles. The van der Waals surface area contributed by atoms with Crippen LogP contribution in [0.4, 0.5) is 8.78 Å². The Morgan fingerprint density at radius 1 is 1.26 bits per heavy atom. The van der Waals surface area contributed by atoms with E-state index in [0.717, 1.165) is 0 Å². The molecule has 0 unspecified atom stereocenters. The Bertz CT molecular complexity index is 446. The summed E-state index contributed by atoms with van der Waals surface area (Å²) < 4.78 is 32.7. The minimum atomic E-state index is -2.93. The molecule has 0 aliphatic heterocycles. The van der Waals surface area contributed by atoms with E-state index in [2.05, 4.69) is 9.47 Å². The van der Waals surface area contributed by atoms with Crippen LogP contribution in [0.1, 0.15) is 29.6 Å². The zero-order valence-electron chi connectivity index (χ0n) is 10.4. The number of benzene rings is 1. The fraction of sp³-hybridized carbons (Fsp3) is 0.385. The SMILES string of the molecule is COC(=O)CCCC(=O)c1cccc(OC(F)F)c1. The number of methoxy groups -OCH3 is 1. The predicted molar refractivity (Wildman–Crippen MR) is 63.3 cm³/mol. The molecule has 19 heavy (non-hydrogen) atoms. The Hall–Kier alpha value is -1.98. The standard InChI is InChI=1S/C13H14F2O4/c1-18-12(17)7-3-6-11(16)9-4-2-5-10(8-9)19-13(14)15/h2,4-5,8,13H,3,6-7H2,1H3. The lowest BCUT2D eigenvalue weighted by atomic mass is 10.1. The lowest BCUT2D eigenvalue weighted by Crippen LogP contribution is -2.05. The lowest BCUT2D eigenvalue weighted by Gasteiger charge is -2.06. The number of carbonyl (C=O) groups excluding carboxylic acids is 2. The highest BCUT2D eigenvalue weighted by Crippen LogP contribution is 2.17. The number of Topliss-reactive ketones (excluding diaryl/α,β-unsaturated/α-hetero) is 1. The van der Waals surface area contributed by atoms with Gasteiger partial charge in [-0.15, -0.1) is 0 Å². The summed E-state index contributed by atoms with van der Waals surface area (Å²) in [6.45, 7) is -2.93. The Morgan fingerprint density at radius 3 is 2.63 bits per heavy atom. The molecule has 0 aliphatic rings. The van der Waals surface area contributed by atoms with E-state index in [4.69, 9.17) is 0 Å². The molecule has 104 valence electrons. The van der Waals surface area contributed by atoms with Crippen LogP contribution in [0.2, 0.25) is 0 Å². The average Bonchev–Trinajstić information content (AvgIpc) is 2.37. The van der Waals surface area contributed by atoms with Gasteiger partial charge in [-0.05, 0) is 18.6 Å². The van der Waals surface area contributed by atoms with Crippen molar-refractivity contribution >= 4 is 11.8 Å². The highest BCUT2D eigenvalue weighted by molar-refractivity contribution is 5.96. The van der Waals surface area contributed by atoms with Gasteiger partial charge in [0.2, 0.25) is 0 Å². The van der Waals surface area contributed by atoms with Crippen molar-refractivity contribution in [2.24, 2.45) is 0 Å². The van der Waals surface area contributed by atoms with Gasteiger partial charge >= 0.3 is 12.6 Å². The quantitative estimate of drug-likeness (QED) is 0.565. The van der Waals surface area contributed by atoms with Crippen molar-refractivity contribution in [2.75, 3.05) is 7.11 Å². The van der Waals surface area contributed by atoms with E-state index in [9.17, 15) is 18.4 Å². The molecule has 0 bridgehead atoms. The number of carbonyl (C=O) groups is 2. The van der Waals surface area contributed by atoms with Gasteiger partial charge in [-0.25, -0.2) is 0 Å². The topological polar surface area (TPSA) is 52.6 Å². The molecule has 0 N–H and O–H groups in total. The van der Waals surface area contributed by atoms with Crippen LogP contribution in [-0.2, 0) is 9.53 Å². The fourth-order valence-corrected chi connectivity index (χ4v) is 1.49. The van der Waals surface area contributed by atoms with Gasteiger partial charge < -0.3 is 9.47 Å².